The highest BCUT2D eigenvalue weighted by Gasteiger charge is 2.25. The average molecular weight is 560 g/mol. The molecule has 1 atom stereocenters. The van der Waals surface area contributed by atoms with Crippen molar-refractivity contribution >= 4 is 27.7 Å². The molecule has 1 N–H and O–H groups in total. The molecule has 0 amide bonds. The molecule has 40 heavy (non-hydrogen) atoms. The number of allylic oxidation sites excluding steroid dienone is 1. The Hall–Kier alpha value is -3.78. The topological polar surface area (TPSA) is 117 Å². The number of ether oxygens (including phenoxy) is 2. The van der Waals surface area contributed by atoms with Crippen molar-refractivity contribution in [3.63, 3.8) is 0 Å². The van der Waals surface area contributed by atoms with Gasteiger partial charge in [0.25, 0.3) is 0 Å². The van der Waals surface area contributed by atoms with Crippen molar-refractivity contribution in [3.05, 3.63) is 76.0 Å². The first-order chi connectivity index (χ1) is 19.2. The highest BCUT2D eigenvalue weighted by atomic mass is 32.2. The fourth-order valence-electron chi connectivity index (χ4n) is 5.34. The van der Waals surface area contributed by atoms with Crippen LogP contribution in [0, 0.1) is 25.2 Å². The second kappa shape index (κ2) is 11.8. The molecule has 5 rings (SSSR count). The van der Waals surface area contributed by atoms with Crippen molar-refractivity contribution in [2.45, 2.75) is 52.2 Å². The third-order valence-corrected chi connectivity index (χ3v) is 8.67. The first kappa shape index (κ1) is 27.8. The summed E-state index contributed by atoms with van der Waals surface area (Å²) in [5, 5.41) is 12.1. The summed E-state index contributed by atoms with van der Waals surface area (Å²) in [6, 6.07) is 14.2. The van der Waals surface area contributed by atoms with Crippen LogP contribution in [0.2, 0.25) is 0 Å². The number of nitrogens with zero attached hydrogens (tertiary/aromatic N) is 4. The van der Waals surface area contributed by atoms with E-state index >= 15 is 0 Å². The average Bonchev–Trinajstić information content (AvgIpc) is 3.24. The van der Waals surface area contributed by atoms with Crippen LogP contribution in [0.15, 0.2) is 42.5 Å². The van der Waals surface area contributed by atoms with E-state index in [1.807, 2.05) is 44.2 Å². The van der Waals surface area contributed by atoms with E-state index in [2.05, 4.69) is 22.4 Å². The molecule has 2 aromatic carbocycles. The Morgan fingerprint density at radius 3 is 2.55 bits per heavy atom. The standard InChI is InChI=1S/C30H33N5O4S/c1-20-16-22(6-4-13-31)17-21(2)28(20)39-29-26-18-38-19-27(26)33-30(34-29)32-25-10-8-24(9-11-25)23-7-5-14-35(15-12-23)40(3,36)37/h4,6,8-11,16-17,23H,5,7,12,14-15,18-19H2,1-3H3,(H,32,33,34)/b6-4+. The van der Waals surface area contributed by atoms with Crippen molar-refractivity contribution in [3.8, 4) is 17.7 Å². The first-order valence-electron chi connectivity index (χ1n) is 13.4. The van der Waals surface area contributed by atoms with Gasteiger partial charge in [0.15, 0.2) is 0 Å². The Labute approximate surface area is 235 Å². The Morgan fingerprint density at radius 2 is 1.85 bits per heavy atom. The van der Waals surface area contributed by atoms with Gasteiger partial charge in [-0.3, -0.25) is 0 Å². The monoisotopic (exact) mass is 559 g/mol. The van der Waals surface area contributed by atoms with Crippen LogP contribution in [0.4, 0.5) is 11.6 Å². The first-order valence-corrected chi connectivity index (χ1v) is 15.2. The van der Waals surface area contributed by atoms with Gasteiger partial charge in [-0.15, -0.1) is 0 Å². The minimum atomic E-state index is -3.16. The molecule has 10 heteroatoms. The summed E-state index contributed by atoms with van der Waals surface area (Å²) in [4.78, 5) is 9.37. The molecule has 0 radical (unpaired) electrons. The fraction of sp³-hybridized carbons (Fsp3) is 0.367. The summed E-state index contributed by atoms with van der Waals surface area (Å²) < 4.78 is 37.5. The SMILES string of the molecule is Cc1cc(/C=C/C#N)cc(C)c1Oc1nc(Nc2ccc(C3CCCN(S(C)(=O)=O)CC3)cc2)nc2c1COC2. The van der Waals surface area contributed by atoms with E-state index in [4.69, 9.17) is 19.7 Å². The maximum absolute atomic E-state index is 12.0. The van der Waals surface area contributed by atoms with Crippen molar-refractivity contribution in [1.29, 1.82) is 5.26 Å². The Morgan fingerprint density at radius 1 is 1.10 bits per heavy atom. The summed E-state index contributed by atoms with van der Waals surface area (Å²) in [5.41, 5.74) is 6.49. The minimum absolute atomic E-state index is 0.322. The minimum Gasteiger partial charge on any atom is -0.438 e. The van der Waals surface area contributed by atoms with E-state index in [-0.39, 0.29) is 0 Å². The number of aromatic nitrogens is 2. The highest BCUT2D eigenvalue weighted by Crippen LogP contribution is 2.36. The lowest BCUT2D eigenvalue weighted by Crippen LogP contribution is -2.30. The smallest absolute Gasteiger partial charge is 0.230 e. The molecule has 1 unspecified atom stereocenters. The number of benzene rings is 2. The van der Waals surface area contributed by atoms with Gasteiger partial charge < -0.3 is 14.8 Å². The number of aryl methyl sites for hydroxylation is 2. The number of hydrogen-bond donors (Lipinski definition) is 1. The van der Waals surface area contributed by atoms with Gasteiger partial charge >= 0.3 is 0 Å². The molecule has 1 fully saturated rings. The Kier molecular flexibility index (Phi) is 8.17. The molecule has 208 valence electrons. The zero-order valence-electron chi connectivity index (χ0n) is 23.0. The number of nitriles is 1. The van der Waals surface area contributed by atoms with Crippen LogP contribution in [-0.2, 0) is 28.0 Å². The van der Waals surface area contributed by atoms with Crippen molar-refractivity contribution in [1.82, 2.24) is 14.3 Å². The van der Waals surface area contributed by atoms with E-state index in [9.17, 15) is 8.42 Å². The predicted molar refractivity (Wildman–Crippen MR) is 154 cm³/mol. The number of anilines is 2. The van der Waals surface area contributed by atoms with Crippen molar-refractivity contribution in [2.24, 2.45) is 0 Å². The number of hydrogen-bond acceptors (Lipinski definition) is 8. The van der Waals surface area contributed by atoms with Gasteiger partial charge in [-0.25, -0.2) is 17.7 Å². The third-order valence-electron chi connectivity index (χ3n) is 7.37. The van der Waals surface area contributed by atoms with E-state index in [0.29, 0.717) is 44.0 Å². The number of nitrogens with one attached hydrogen (secondary N) is 1. The molecular formula is C30H33N5O4S. The highest BCUT2D eigenvalue weighted by molar-refractivity contribution is 7.88. The quantitative estimate of drug-likeness (QED) is 0.365. The zero-order valence-corrected chi connectivity index (χ0v) is 23.8. The molecule has 0 saturated carbocycles. The Balaban J connectivity index is 1.33. The van der Waals surface area contributed by atoms with Crippen LogP contribution in [0.25, 0.3) is 6.08 Å². The predicted octanol–water partition coefficient (Wildman–Crippen LogP) is 5.73. The summed E-state index contributed by atoms with van der Waals surface area (Å²) in [5.74, 6) is 1.92. The molecule has 1 saturated heterocycles. The van der Waals surface area contributed by atoms with Crippen molar-refractivity contribution < 1.29 is 17.9 Å². The fourth-order valence-corrected chi connectivity index (χ4v) is 6.23. The molecule has 3 aromatic rings. The van der Waals surface area contributed by atoms with Gasteiger partial charge in [0.2, 0.25) is 21.9 Å². The maximum atomic E-state index is 12.0. The lowest BCUT2D eigenvalue weighted by Gasteiger charge is -2.18. The molecule has 9 nitrogen and oxygen atoms in total. The van der Waals surface area contributed by atoms with Crippen LogP contribution in [0.1, 0.15) is 58.7 Å². The van der Waals surface area contributed by atoms with Crippen LogP contribution in [0.3, 0.4) is 0 Å². The van der Waals surface area contributed by atoms with Gasteiger partial charge in [-0.05, 0) is 91.6 Å². The maximum Gasteiger partial charge on any atom is 0.230 e. The largest absolute Gasteiger partial charge is 0.438 e. The van der Waals surface area contributed by atoms with Gasteiger partial charge in [0, 0.05) is 24.9 Å². The lowest BCUT2D eigenvalue weighted by atomic mass is 9.92. The Bertz CT molecular complexity index is 1560. The summed E-state index contributed by atoms with van der Waals surface area (Å²) >= 11 is 0. The summed E-state index contributed by atoms with van der Waals surface area (Å²) in [7, 11) is -3.16. The number of rotatable bonds is 7. The van der Waals surface area contributed by atoms with Crippen molar-refractivity contribution in [2.75, 3.05) is 24.7 Å². The van der Waals surface area contributed by atoms with Gasteiger partial charge in [-0.2, -0.15) is 10.2 Å². The van der Waals surface area contributed by atoms with Crippen LogP contribution < -0.4 is 10.1 Å². The summed E-state index contributed by atoms with van der Waals surface area (Å²) in [6.45, 7) is 5.85. The van der Waals surface area contributed by atoms with Gasteiger partial charge in [0.05, 0.1) is 36.8 Å². The lowest BCUT2D eigenvalue weighted by molar-refractivity contribution is 0.132. The van der Waals surface area contributed by atoms with Gasteiger partial charge in [0.1, 0.15) is 5.75 Å². The van der Waals surface area contributed by atoms with Gasteiger partial charge in [-0.1, -0.05) is 12.1 Å². The van der Waals surface area contributed by atoms with E-state index in [1.165, 1.54) is 17.9 Å². The van der Waals surface area contributed by atoms with Crippen LogP contribution in [-0.4, -0.2) is 42.0 Å². The second-order valence-electron chi connectivity index (χ2n) is 10.4. The van der Waals surface area contributed by atoms with Crippen LogP contribution in [0.5, 0.6) is 11.6 Å². The molecule has 1 aromatic heterocycles. The second-order valence-corrected chi connectivity index (χ2v) is 12.3. The molecule has 3 heterocycles. The van der Waals surface area contributed by atoms with E-state index in [0.717, 1.165) is 58.6 Å². The molecule has 2 aliphatic heterocycles. The summed E-state index contributed by atoms with van der Waals surface area (Å²) in [6.07, 6.45) is 7.13. The van der Waals surface area contributed by atoms with Crippen LogP contribution >= 0.6 is 0 Å². The molecule has 0 bridgehead atoms. The molecule has 0 aliphatic carbocycles. The van der Waals surface area contributed by atoms with E-state index < -0.39 is 10.0 Å². The molecule has 0 spiro atoms. The third kappa shape index (κ3) is 6.33. The zero-order chi connectivity index (χ0) is 28.3. The molecule has 2 aliphatic rings. The van der Waals surface area contributed by atoms with E-state index in [1.54, 1.807) is 10.4 Å². The number of sulfonamides is 1. The number of fused-ring (bicyclic) bond motifs is 1. The normalized spacial score (nSPS) is 17.8. The molecular weight excluding hydrogens is 526 g/mol.